The summed E-state index contributed by atoms with van der Waals surface area (Å²) in [6.07, 6.45) is -3.05. The van der Waals surface area contributed by atoms with Crippen molar-refractivity contribution in [3.63, 3.8) is 0 Å². The van der Waals surface area contributed by atoms with E-state index < -0.39 is 11.9 Å². The van der Waals surface area contributed by atoms with Crippen LogP contribution < -0.4 is 5.32 Å². The molecule has 1 N–H and O–H groups in total. The van der Waals surface area contributed by atoms with E-state index in [1.165, 1.54) is 0 Å². The number of hydrogen-bond donors (Lipinski definition) is 1. The lowest BCUT2D eigenvalue weighted by Crippen LogP contribution is -2.18. The van der Waals surface area contributed by atoms with Crippen LogP contribution in [0.25, 0.3) is 0 Å². The van der Waals surface area contributed by atoms with Gasteiger partial charge in [0.05, 0.1) is 5.75 Å². The number of para-hydroxylation sites is 1. The van der Waals surface area contributed by atoms with Gasteiger partial charge in [0.25, 0.3) is 0 Å². The molecule has 1 aliphatic heterocycles. The Hall–Kier alpha value is -0.490. The molecule has 1 saturated heterocycles. The lowest BCUT2D eigenvalue weighted by atomic mass is 10.2. The van der Waals surface area contributed by atoms with Gasteiger partial charge < -0.3 is 5.32 Å². The second-order valence-electron chi connectivity index (χ2n) is 4.10. The Kier molecular flexibility index (Phi) is 4.72. The molecule has 0 aliphatic carbocycles. The minimum Gasteiger partial charge on any atom is -0.381 e. The topological polar surface area (TPSA) is 12.0 Å². The van der Waals surface area contributed by atoms with Gasteiger partial charge in [0.15, 0.2) is 0 Å². The van der Waals surface area contributed by atoms with Crippen LogP contribution in [-0.2, 0) is 0 Å². The molecule has 0 radical (unpaired) electrons. The van der Waals surface area contributed by atoms with Crippen LogP contribution in [0.3, 0.4) is 0 Å². The van der Waals surface area contributed by atoms with Crippen LogP contribution in [0.1, 0.15) is 6.42 Å². The summed E-state index contributed by atoms with van der Waals surface area (Å²) in [5, 5.41) is 3.34. The predicted molar refractivity (Wildman–Crippen MR) is 72.6 cm³/mol. The van der Waals surface area contributed by atoms with Crippen molar-refractivity contribution in [1.82, 2.24) is 0 Å². The second-order valence-corrected chi connectivity index (χ2v) is 6.27. The van der Waals surface area contributed by atoms with Gasteiger partial charge in [-0.3, -0.25) is 0 Å². The summed E-state index contributed by atoms with van der Waals surface area (Å²) in [6.45, 7) is 0. The van der Waals surface area contributed by atoms with Gasteiger partial charge in [0, 0.05) is 22.4 Å². The molecule has 18 heavy (non-hydrogen) atoms. The van der Waals surface area contributed by atoms with E-state index >= 15 is 0 Å². The molecule has 0 aromatic heterocycles. The van der Waals surface area contributed by atoms with Gasteiger partial charge in [0.1, 0.15) is 0 Å². The fourth-order valence-electron chi connectivity index (χ4n) is 1.74. The maximum absolute atomic E-state index is 12.2. The number of hydrogen-bond acceptors (Lipinski definition) is 3. The summed E-state index contributed by atoms with van der Waals surface area (Å²) in [5.74, 6) is 1.30. The third-order valence-electron chi connectivity index (χ3n) is 2.57. The van der Waals surface area contributed by atoms with Crippen LogP contribution in [-0.4, -0.2) is 29.5 Å². The number of nitrogens with one attached hydrogen (secondary N) is 1. The zero-order chi connectivity index (χ0) is 13.0. The highest BCUT2D eigenvalue weighted by Gasteiger charge is 2.27. The molecule has 1 heterocycles. The van der Waals surface area contributed by atoms with E-state index in [9.17, 15) is 13.2 Å². The quantitative estimate of drug-likeness (QED) is 0.833. The molecule has 1 aromatic carbocycles. The highest BCUT2D eigenvalue weighted by atomic mass is 32.2. The average molecular weight is 293 g/mol. The monoisotopic (exact) mass is 293 g/mol. The maximum atomic E-state index is 12.2. The van der Waals surface area contributed by atoms with Gasteiger partial charge in [-0.05, 0) is 24.3 Å². The van der Waals surface area contributed by atoms with Gasteiger partial charge in [-0.25, -0.2) is 0 Å². The van der Waals surface area contributed by atoms with Crippen molar-refractivity contribution in [3.05, 3.63) is 24.3 Å². The summed E-state index contributed by atoms with van der Waals surface area (Å²) in [4.78, 5) is 0.673. The molecule has 2 rings (SSSR count). The highest BCUT2D eigenvalue weighted by molar-refractivity contribution is 7.99. The SMILES string of the molecule is FC(F)(F)CSc1ccccc1NC1CCSC1. The number of halogens is 3. The van der Waals surface area contributed by atoms with E-state index in [2.05, 4.69) is 5.32 Å². The molecule has 1 aromatic rings. The van der Waals surface area contributed by atoms with E-state index in [0.717, 1.165) is 35.4 Å². The van der Waals surface area contributed by atoms with Crippen LogP contribution in [0.2, 0.25) is 0 Å². The van der Waals surface area contributed by atoms with E-state index in [0.29, 0.717) is 10.9 Å². The minimum absolute atomic E-state index is 0.377. The first-order valence-electron chi connectivity index (χ1n) is 5.67. The Balaban J connectivity index is 2.00. The van der Waals surface area contributed by atoms with Gasteiger partial charge in [-0.1, -0.05) is 12.1 Å². The van der Waals surface area contributed by atoms with Crippen LogP contribution >= 0.6 is 23.5 Å². The van der Waals surface area contributed by atoms with Crippen LogP contribution in [0, 0.1) is 0 Å². The molecular formula is C12H14F3NS2. The summed E-state index contributed by atoms with van der Waals surface area (Å²) in [7, 11) is 0. The minimum atomic E-state index is -4.12. The van der Waals surface area contributed by atoms with Crippen LogP contribution in [0.5, 0.6) is 0 Å². The summed E-state index contributed by atoms with van der Waals surface area (Å²) in [5.41, 5.74) is 0.819. The molecule has 100 valence electrons. The first-order chi connectivity index (χ1) is 8.54. The second kappa shape index (κ2) is 6.10. The third kappa shape index (κ3) is 4.31. The van der Waals surface area contributed by atoms with Crippen molar-refractivity contribution in [1.29, 1.82) is 0 Å². The zero-order valence-corrected chi connectivity index (χ0v) is 11.3. The van der Waals surface area contributed by atoms with E-state index in [1.54, 1.807) is 12.1 Å². The molecule has 1 aliphatic rings. The Bertz CT molecular complexity index is 389. The molecule has 6 heteroatoms. The van der Waals surface area contributed by atoms with Gasteiger partial charge >= 0.3 is 6.18 Å². The lowest BCUT2D eigenvalue weighted by molar-refractivity contribution is -0.105. The van der Waals surface area contributed by atoms with Crippen molar-refractivity contribution in [2.45, 2.75) is 23.5 Å². The Morgan fingerprint density at radius 1 is 1.33 bits per heavy atom. The number of benzene rings is 1. The number of alkyl halides is 3. The largest absolute Gasteiger partial charge is 0.398 e. The van der Waals surface area contributed by atoms with Crippen molar-refractivity contribution in [2.75, 3.05) is 22.6 Å². The molecule has 0 amide bonds. The molecule has 1 atom stereocenters. The molecule has 0 saturated carbocycles. The standard InChI is InChI=1S/C12H14F3NS2/c13-12(14,15)8-18-11-4-2-1-3-10(11)16-9-5-6-17-7-9/h1-4,9,16H,5-8H2. The smallest absolute Gasteiger partial charge is 0.381 e. The highest BCUT2D eigenvalue weighted by Crippen LogP contribution is 2.33. The summed E-state index contributed by atoms with van der Waals surface area (Å²) in [6, 6.07) is 7.58. The summed E-state index contributed by atoms with van der Waals surface area (Å²) >= 11 is 2.72. The fraction of sp³-hybridized carbons (Fsp3) is 0.500. The first kappa shape index (κ1) is 13.9. The Morgan fingerprint density at radius 2 is 2.11 bits per heavy atom. The number of thioether (sulfide) groups is 2. The number of rotatable bonds is 4. The lowest BCUT2D eigenvalue weighted by Gasteiger charge is -2.16. The molecule has 1 unspecified atom stereocenters. The van der Waals surface area contributed by atoms with Crippen molar-refractivity contribution in [3.8, 4) is 0 Å². The normalized spacial score (nSPS) is 20.1. The summed E-state index contributed by atoms with van der Waals surface area (Å²) < 4.78 is 36.7. The molecule has 0 bridgehead atoms. The van der Waals surface area contributed by atoms with Crippen molar-refractivity contribution < 1.29 is 13.2 Å². The molecule has 1 nitrogen and oxygen atoms in total. The van der Waals surface area contributed by atoms with Gasteiger partial charge in [-0.15, -0.1) is 11.8 Å². The molecule has 1 fully saturated rings. The van der Waals surface area contributed by atoms with Gasteiger partial charge in [0.2, 0.25) is 0 Å². The van der Waals surface area contributed by atoms with Crippen molar-refractivity contribution >= 4 is 29.2 Å². The average Bonchev–Trinajstić information content (AvgIpc) is 2.80. The van der Waals surface area contributed by atoms with Crippen molar-refractivity contribution in [2.24, 2.45) is 0 Å². The number of anilines is 1. The van der Waals surface area contributed by atoms with Crippen LogP contribution in [0.15, 0.2) is 29.2 Å². The van der Waals surface area contributed by atoms with E-state index in [1.807, 2.05) is 23.9 Å². The first-order valence-corrected chi connectivity index (χ1v) is 7.81. The Morgan fingerprint density at radius 3 is 2.78 bits per heavy atom. The molecular weight excluding hydrogens is 279 g/mol. The Labute approximate surface area is 113 Å². The maximum Gasteiger partial charge on any atom is 0.398 e. The fourth-order valence-corrected chi connectivity index (χ4v) is 3.67. The van der Waals surface area contributed by atoms with E-state index in [-0.39, 0.29) is 0 Å². The van der Waals surface area contributed by atoms with Crippen LogP contribution in [0.4, 0.5) is 18.9 Å². The van der Waals surface area contributed by atoms with E-state index in [4.69, 9.17) is 0 Å². The molecule has 0 spiro atoms. The predicted octanol–water partition coefficient (Wildman–Crippen LogP) is 4.26. The van der Waals surface area contributed by atoms with Gasteiger partial charge in [-0.2, -0.15) is 24.9 Å². The third-order valence-corrected chi connectivity index (χ3v) is 4.87. The zero-order valence-electron chi connectivity index (χ0n) is 9.67.